The smallest absolute Gasteiger partial charge is 0.338 e. The van der Waals surface area contributed by atoms with Crippen molar-refractivity contribution in [3.05, 3.63) is 189 Å². The Hall–Kier alpha value is -9.23. The summed E-state index contributed by atoms with van der Waals surface area (Å²) in [5, 5.41) is 18.2. The van der Waals surface area contributed by atoms with E-state index in [-0.39, 0.29) is 47.0 Å². The summed E-state index contributed by atoms with van der Waals surface area (Å²) in [5.41, 5.74) is 18.5. The monoisotopic (exact) mass is 1120 g/mol. The summed E-state index contributed by atoms with van der Waals surface area (Å²) in [6.45, 7) is 32.3. The first-order valence-corrected chi connectivity index (χ1v) is 28.4. The molecule has 13 heteroatoms. The van der Waals surface area contributed by atoms with Crippen LogP contribution >= 0.6 is 0 Å². The molecule has 2 aliphatic rings. The highest BCUT2D eigenvalue weighted by Gasteiger charge is 2.27. The van der Waals surface area contributed by atoms with Crippen molar-refractivity contribution < 1.29 is 29.0 Å². The van der Waals surface area contributed by atoms with Crippen molar-refractivity contribution in [1.29, 1.82) is 0 Å². The van der Waals surface area contributed by atoms with E-state index in [9.17, 15) is 19.5 Å². The molecule has 0 saturated carbocycles. The normalized spacial score (nSPS) is 12.6. The number of H-pyrrole nitrogens is 2. The molecule has 4 aromatic carbocycles. The fraction of sp³-hybridized carbons (Fsp3) is 0.282. The summed E-state index contributed by atoms with van der Waals surface area (Å²) in [6, 6.07) is 36.5. The van der Waals surface area contributed by atoms with Gasteiger partial charge in [-0.1, -0.05) is 156 Å². The molecule has 428 valence electrons. The van der Waals surface area contributed by atoms with Crippen molar-refractivity contribution in [2.75, 3.05) is 6.61 Å². The predicted octanol–water partition coefficient (Wildman–Crippen LogP) is 16.3. The Bertz CT molecular complexity index is 4040. The number of carboxylic acid groups (broad SMARTS) is 1. The lowest BCUT2D eigenvalue weighted by molar-refractivity contribution is -0.139. The van der Waals surface area contributed by atoms with Gasteiger partial charge in [0.2, 0.25) is 0 Å². The number of benzene rings is 4. The van der Waals surface area contributed by atoms with Crippen LogP contribution in [0.3, 0.4) is 0 Å². The molecule has 0 radical (unpaired) electrons. The number of aromatic amines is 2. The molecule has 3 N–H and O–H groups in total. The molecule has 10 rings (SSSR count). The van der Waals surface area contributed by atoms with E-state index in [1.807, 2.05) is 24.3 Å². The number of aromatic carboxylic acids is 1. The second-order valence-corrected chi connectivity index (χ2v) is 26.0. The fourth-order valence-corrected chi connectivity index (χ4v) is 10.3. The molecular formula is C71H73N7O6. The van der Waals surface area contributed by atoms with Gasteiger partial charge in [-0.05, 0) is 146 Å². The van der Waals surface area contributed by atoms with Crippen LogP contribution in [0.2, 0.25) is 0 Å². The van der Waals surface area contributed by atoms with Gasteiger partial charge >= 0.3 is 17.9 Å². The van der Waals surface area contributed by atoms with Crippen molar-refractivity contribution in [2.24, 2.45) is 0 Å². The topological polar surface area (TPSA) is 178 Å². The van der Waals surface area contributed by atoms with E-state index in [2.05, 4.69) is 195 Å². The molecule has 8 bridgehead atoms. The lowest BCUT2D eigenvalue weighted by Crippen LogP contribution is -2.16. The maximum atomic E-state index is 13.7. The van der Waals surface area contributed by atoms with Crippen LogP contribution in [0.5, 0.6) is 0 Å². The minimum atomic E-state index is -1.00. The average Bonchev–Trinajstić information content (AvgIpc) is 2.17. The van der Waals surface area contributed by atoms with Crippen LogP contribution in [0.4, 0.5) is 0 Å². The van der Waals surface area contributed by atoms with Gasteiger partial charge in [0.15, 0.2) is 0 Å². The Morgan fingerprint density at radius 3 is 1.24 bits per heavy atom. The number of aromatic nitrogens is 7. The number of esters is 2. The Labute approximate surface area is 491 Å². The Morgan fingerprint density at radius 1 is 0.512 bits per heavy atom. The van der Waals surface area contributed by atoms with Gasteiger partial charge in [0.05, 0.1) is 46.6 Å². The molecule has 2 aliphatic heterocycles. The molecule has 6 heterocycles. The van der Waals surface area contributed by atoms with Gasteiger partial charge in [-0.15, -0.1) is 5.10 Å². The molecule has 4 aromatic heterocycles. The fourth-order valence-electron chi connectivity index (χ4n) is 10.3. The van der Waals surface area contributed by atoms with Gasteiger partial charge in [-0.3, -0.25) is 0 Å². The van der Waals surface area contributed by atoms with E-state index in [1.165, 1.54) is 26.9 Å². The average molecular weight is 1120 g/mol. The Morgan fingerprint density at radius 2 is 0.881 bits per heavy atom. The van der Waals surface area contributed by atoms with Gasteiger partial charge in [-0.2, -0.15) is 0 Å². The van der Waals surface area contributed by atoms with E-state index in [4.69, 9.17) is 19.4 Å². The number of carbonyl (C=O) groups is 3. The first-order valence-electron chi connectivity index (χ1n) is 28.4. The van der Waals surface area contributed by atoms with Crippen LogP contribution in [0.15, 0.2) is 128 Å². The van der Waals surface area contributed by atoms with Crippen molar-refractivity contribution in [2.45, 2.75) is 125 Å². The molecule has 0 aliphatic carbocycles. The van der Waals surface area contributed by atoms with E-state index in [0.29, 0.717) is 28.2 Å². The van der Waals surface area contributed by atoms with Crippen LogP contribution in [0.25, 0.3) is 90.9 Å². The quantitative estimate of drug-likeness (QED) is 0.0788. The minimum Gasteiger partial charge on any atom is -0.478 e. The maximum Gasteiger partial charge on any atom is 0.338 e. The van der Waals surface area contributed by atoms with Gasteiger partial charge in [0.1, 0.15) is 18.9 Å². The SMILES string of the molecule is C=C(C)C(=O)OCCn1cc(COC(=O)c2ccc(-c3c4nc(c(-c5cc(C(C)(C)C)cc(C(C)(C)C)c5)c5ccc([nH]5)c(-c5ccc(C(=O)O)cc5)c5nc(c(-c6cc(C(C)(C)C)cc(C(C)(C)C)c6)c6ccc3[nH]6)C=C5)C=C4)cc2)nn1. The molecule has 13 nitrogen and oxygen atoms in total. The van der Waals surface area contributed by atoms with E-state index in [1.54, 1.807) is 37.4 Å². The van der Waals surface area contributed by atoms with Gasteiger partial charge in [0.25, 0.3) is 0 Å². The first-order chi connectivity index (χ1) is 39.6. The largest absolute Gasteiger partial charge is 0.478 e. The number of hydrogen-bond donors (Lipinski definition) is 3. The van der Waals surface area contributed by atoms with Crippen LogP contribution < -0.4 is 0 Å². The molecule has 8 aromatic rings. The number of ether oxygens (including phenoxy) is 2. The maximum absolute atomic E-state index is 13.7. The zero-order valence-electron chi connectivity index (χ0n) is 50.3. The molecule has 0 amide bonds. The second kappa shape index (κ2) is 22.2. The molecule has 84 heavy (non-hydrogen) atoms. The highest BCUT2D eigenvalue weighted by Crippen LogP contribution is 2.42. The summed E-state index contributed by atoms with van der Waals surface area (Å²) in [7, 11) is 0. The number of nitrogens with one attached hydrogen (secondary N) is 2. The molecule has 0 saturated heterocycles. The summed E-state index contributed by atoms with van der Waals surface area (Å²) in [5.74, 6) is -2.02. The molecule has 0 unspecified atom stereocenters. The number of carboxylic acids is 1. The lowest BCUT2D eigenvalue weighted by atomic mass is 9.78. The van der Waals surface area contributed by atoms with Crippen LogP contribution in [-0.4, -0.2) is 64.6 Å². The zero-order chi connectivity index (χ0) is 60.2. The van der Waals surface area contributed by atoms with Crippen molar-refractivity contribution in [1.82, 2.24) is 34.9 Å². The summed E-state index contributed by atoms with van der Waals surface area (Å²) >= 11 is 0. The highest BCUT2D eigenvalue weighted by atomic mass is 16.5. The number of nitrogens with zero attached hydrogens (tertiary/aromatic N) is 5. The van der Waals surface area contributed by atoms with E-state index >= 15 is 0 Å². The zero-order valence-corrected chi connectivity index (χ0v) is 50.3. The number of carbonyl (C=O) groups excluding carboxylic acids is 2. The number of fused-ring (bicyclic) bond motifs is 8. The Balaban J connectivity index is 1.22. The minimum absolute atomic E-state index is 0.0894. The summed E-state index contributed by atoms with van der Waals surface area (Å²) < 4.78 is 12.5. The highest BCUT2D eigenvalue weighted by molar-refractivity contribution is 6.01. The van der Waals surface area contributed by atoms with Crippen LogP contribution in [-0.2, 0) is 49.1 Å². The standard InChI is InChI=1S/C71H73N7O6/c1-41(2)66(81)83-32-31-78-39-52(76-77-78)40-84-67(82)45-21-17-43(18-22-45)62-55-25-29-59(74-55)63(46-33-48(68(3,4)5)37-49(34-46)69(6,7)8)57-27-23-53(72-57)61(42-15-19-44(20-16-42)65(79)80)54-24-28-58(73-54)64(60-30-26-56(62)75-60)47-35-50(70(9,10)11)38-51(36-47)71(12,13)14/h15-30,33-39,72,75H,1,31-32,40H2,2-14H3,(H,79,80). The van der Waals surface area contributed by atoms with Gasteiger partial charge in [-0.25, -0.2) is 29.0 Å². The number of hydrogen-bond acceptors (Lipinski definition) is 9. The third-order valence-electron chi connectivity index (χ3n) is 15.3. The predicted molar refractivity (Wildman–Crippen MR) is 337 cm³/mol. The summed E-state index contributed by atoms with van der Waals surface area (Å²) in [4.78, 5) is 56.7. The summed E-state index contributed by atoms with van der Waals surface area (Å²) in [6.07, 6.45) is 9.91. The molecule has 0 fully saturated rings. The number of rotatable bonds is 12. The third-order valence-corrected chi connectivity index (χ3v) is 15.3. The third kappa shape index (κ3) is 12.3. The van der Waals surface area contributed by atoms with Gasteiger partial charge < -0.3 is 24.5 Å². The van der Waals surface area contributed by atoms with E-state index in [0.717, 1.165) is 78.0 Å². The second-order valence-electron chi connectivity index (χ2n) is 26.0. The molecular weight excluding hydrogens is 1050 g/mol. The first kappa shape index (κ1) is 58.0. The van der Waals surface area contributed by atoms with E-state index < -0.39 is 17.9 Å². The molecule has 0 spiro atoms. The van der Waals surface area contributed by atoms with Crippen molar-refractivity contribution >= 4 is 64.3 Å². The van der Waals surface area contributed by atoms with Crippen molar-refractivity contribution in [3.63, 3.8) is 0 Å². The molecule has 0 atom stereocenters. The van der Waals surface area contributed by atoms with Crippen molar-refractivity contribution in [3.8, 4) is 44.5 Å². The van der Waals surface area contributed by atoms with Gasteiger partial charge in [0, 0.05) is 49.9 Å². The van der Waals surface area contributed by atoms with Crippen LogP contribution in [0.1, 0.15) is 161 Å². The lowest BCUT2D eigenvalue weighted by Gasteiger charge is -2.26. The van der Waals surface area contributed by atoms with Crippen LogP contribution in [0, 0.1) is 0 Å². The Kier molecular flexibility index (Phi) is 15.3.